The number of carbonyl (C=O) groups is 1. The number of aromatic nitrogens is 2. The van der Waals surface area contributed by atoms with Gasteiger partial charge in [0.15, 0.2) is 10.7 Å². The van der Waals surface area contributed by atoms with Crippen molar-refractivity contribution in [2.75, 3.05) is 31.1 Å². The lowest BCUT2D eigenvalue weighted by molar-refractivity contribution is -0.119. The number of nitrogens with zero attached hydrogens (tertiary/aromatic N) is 4. The zero-order chi connectivity index (χ0) is 22.8. The van der Waals surface area contributed by atoms with Gasteiger partial charge in [-0.2, -0.15) is 0 Å². The summed E-state index contributed by atoms with van der Waals surface area (Å²) in [5, 5.41) is 1.19. The van der Waals surface area contributed by atoms with Crippen molar-refractivity contribution in [3.05, 3.63) is 57.5 Å². The van der Waals surface area contributed by atoms with Gasteiger partial charge in [0.1, 0.15) is 6.54 Å². The average molecular weight is 509 g/mol. The Kier molecular flexibility index (Phi) is 8.18. The van der Waals surface area contributed by atoms with Crippen LogP contribution in [0.25, 0.3) is 21.3 Å². The molecular formula is C23H26Cl2N4O3S. The van der Waals surface area contributed by atoms with Gasteiger partial charge >= 0.3 is 5.76 Å². The van der Waals surface area contributed by atoms with Crippen LogP contribution < -0.4 is 10.7 Å². The van der Waals surface area contributed by atoms with Gasteiger partial charge < -0.3 is 9.32 Å². The molecule has 10 heteroatoms. The van der Waals surface area contributed by atoms with Gasteiger partial charge in [0, 0.05) is 13.1 Å². The van der Waals surface area contributed by atoms with Crippen LogP contribution in [-0.2, 0) is 11.3 Å². The molecule has 0 radical (unpaired) electrons. The van der Waals surface area contributed by atoms with Crippen LogP contribution in [0, 0.1) is 6.92 Å². The van der Waals surface area contributed by atoms with Crippen molar-refractivity contribution < 1.29 is 9.21 Å². The summed E-state index contributed by atoms with van der Waals surface area (Å²) in [5.41, 5.74) is 2.85. The largest absolute Gasteiger partial charge is 0.420 e. The number of oxazole rings is 1. The van der Waals surface area contributed by atoms with E-state index in [1.165, 1.54) is 15.9 Å². The molecule has 0 aliphatic heterocycles. The van der Waals surface area contributed by atoms with Gasteiger partial charge in [-0.25, -0.2) is 9.78 Å². The molecule has 2 heterocycles. The molecule has 7 nitrogen and oxygen atoms in total. The number of amides is 1. The third kappa shape index (κ3) is 5.09. The highest BCUT2D eigenvalue weighted by Gasteiger charge is 2.23. The van der Waals surface area contributed by atoms with Crippen molar-refractivity contribution in [2.24, 2.45) is 0 Å². The van der Waals surface area contributed by atoms with Crippen LogP contribution in [0.2, 0.25) is 5.02 Å². The number of benzene rings is 2. The van der Waals surface area contributed by atoms with E-state index >= 15 is 0 Å². The van der Waals surface area contributed by atoms with Crippen LogP contribution in [0.5, 0.6) is 0 Å². The Morgan fingerprint density at radius 1 is 1.15 bits per heavy atom. The van der Waals surface area contributed by atoms with Crippen LogP contribution in [0.15, 0.2) is 45.6 Å². The van der Waals surface area contributed by atoms with E-state index in [-0.39, 0.29) is 24.9 Å². The second-order valence-electron chi connectivity index (χ2n) is 7.53. The molecule has 2 aromatic carbocycles. The van der Waals surface area contributed by atoms with E-state index in [2.05, 4.69) is 18.7 Å². The Morgan fingerprint density at radius 2 is 1.88 bits per heavy atom. The fourth-order valence-electron chi connectivity index (χ4n) is 3.70. The van der Waals surface area contributed by atoms with E-state index in [1.54, 1.807) is 23.1 Å². The summed E-state index contributed by atoms with van der Waals surface area (Å²) in [7, 11) is 0. The zero-order valence-corrected chi connectivity index (χ0v) is 21.1. The van der Waals surface area contributed by atoms with Gasteiger partial charge in [0.2, 0.25) is 5.91 Å². The van der Waals surface area contributed by atoms with Crippen molar-refractivity contribution in [2.45, 2.75) is 27.3 Å². The molecule has 0 saturated carbocycles. The first kappa shape index (κ1) is 25.2. The van der Waals surface area contributed by atoms with E-state index in [4.69, 9.17) is 21.0 Å². The van der Waals surface area contributed by atoms with Crippen molar-refractivity contribution >= 4 is 67.7 Å². The molecule has 4 aromatic rings. The van der Waals surface area contributed by atoms with E-state index in [0.29, 0.717) is 34.3 Å². The van der Waals surface area contributed by atoms with Gasteiger partial charge in [0.25, 0.3) is 0 Å². The Labute approximate surface area is 207 Å². The van der Waals surface area contributed by atoms with Crippen molar-refractivity contribution in [3.63, 3.8) is 0 Å². The summed E-state index contributed by atoms with van der Waals surface area (Å²) < 4.78 is 7.52. The molecule has 0 spiro atoms. The number of anilines is 1. The topological polar surface area (TPSA) is 71.6 Å². The number of thiazole rings is 1. The number of likely N-dealkylation sites (N-methyl/N-ethyl adjacent to an activating group) is 1. The highest BCUT2D eigenvalue weighted by Crippen LogP contribution is 2.35. The van der Waals surface area contributed by atoms with Gasteiger partial charge in [0.05, 0.1) is 20.8 Å². The quantitative estimate of drug-likeness (QED) is 0.336. The highest BCUT2D eigenvalue weighted by atomic mass is 35.5. The molecule has 176 valence electrons. The normalized spacial score (nSPS) is 11.3. The molecule has 0 aliphatic rings. The monoisotopic (exact) mass is 508 g/mol. The molecular weight excluding hydrogens is 483 g/mol. The Bertz CT molecular complexity index is 1290. The molecule has 0 unspecified atom stereocenters. The summed E-state index contributed by atoms with van der Waals surface area (Å²) in [5.74, 6) is -0.773. The standard InChI is InChI=1S/C23H25ClN4O3S.ClH/c1-4-26(5-2)12-13-27(22-25-20-15(3)10-11-16(24)21(20)32-22)19(29)14-28-17-8-6-7-9-18(17)31-23(28)30;/h6-11H,4-5,12-14H2,1-3H3;1H. The summed E-state index contributed by atoms with van der Waals surface area (Å²) >= 11 is 7.80. The lowest BCUT2D eigenvalue weighted by Crippen LogP contribution is -2.41. The van der Waals surface area contributed by atoms with Gasteiger partial charge in [-0.1, -0.05) is 55.0 Å². The lowest BCUT2D eigenvalue weighted by Gasteiger charge is -2.24. The molecule has 0 bridgehead atoms. The second-order valence-corrected chi connectivity index (χ2v) is 8.92. The molecule has 4 rings (SSSR count). The van der Waals surface area contributed by atoms with Crippen molar-refractivity contribution in [1.82, 2.24) is 14.5 Å². The van der Waals surface area contributed by atoms with Gasteiger partial charge in [-0.15, -0.1) is 12.4 Å². The molecule has 1 amide bonds. The number of hydrogen-bond donors (Lipinski definition) is 0. The number of para-hydroxylation sites is 2. The predicted molar refractivity (Wildman–Crippen MR) is 137 cm³/mol. The molecule has 0 aliphatic carbocycles. The van der Waals surface area contributed by atoms with E-state index < -0.39 is 5.76 Å². The number of aryl methyl sites for hydroxylation is 1. The maximum Gasteiger partial charge on any atom is 0.420 e. The maximum absolute atomic E-state index is 13.5. The smallest absolute Gasteiger partial charge is 0.408 e. The van der Waals surface area contributed by atoms with Crippen molar-refractivity contribution in [3.8, 4) is 0 Å². The number of halogens is 2. The molecule has 0 saturated heterocycles. The molecule has 0 atom stereocenters. The number of rotatable bonds is 8. The summed E-state index contributed by atoms with van der Waals surface area (Å²) in [4.78, 5) is 34.5. The fourth-order valence-corrected chi connectivity index (χ4v) is 5.06. The highest BCUT2D eigenvalue weighted by molar-refractivity contribution is 7.23. The summed E-state index contributed by atoms with van der Waals surface area (Å²) in [6.45, 7) is 8.95. The summed E-state index contributed by atoms with van der Waals surface area (Å²) in [6, 6.07) is 10.9. The van der Waals surface area contributed by atoms with Crippen LogP contribution in [0.1, 0.15) is 19.4 Å². The molecule has 33 heavy (non-hydrogen) atoms. The van der Waals surface area contributed by atoms with Crippen LogP contribution >= 0.6 is 35.3 Å². The third-order valence-electron chi connectivity index (χ3n) is 5.62. The second kappa shape index (κ2) is 10.7. The minimum Gasteiger partial charge on any atom is -0.408 e. The lowest BCUT2D eigenvalue weighted by atomic mass is 10.2. The molecule has 2 aromatic heterocycles. The van der Waals surface area contributed by atoms with Crippen LogP contribution in [0.3, 0.4) is 0 Å². The SMILES string of the molecule is CCN(CC)CCN(C(=O)Cn1c(=O)oc2ccccc21)c1nc2c(C)ccc(Cl)c2s1.Cl. The van der Waals surface area contributed by atoms with Crippen LogP contribution in [0.4, 0.5) is 5.13 Å². The minimum atomic E-state index is -0.550. The Hall–Kier alpha value is -2.39. The maximum atomic E-state index is 13.5. The van der Waals surface area contributed by atoms with Gasteiger partial charge in [-0.3, -0.25) is 14.3 Å². The Morgan fingerprint density at radius 3 is 2.58 bits per heavy atom. The first-order valence-electron chi connectivity index (χ1n) is 10.6. The molecule has 0 N–H and O–H groups in total. The zero-order valence-electron chi connectivity index (χ0n) is 18.7. The number of fused-ring (bicyclic) bond motifs is 2. The average Bonchev–Trinajstić information content (AvgIpc) is 3.37. The first-order valence-corrected chi connectivity index (χ1v) is 11.8. The van der Waals surface area contributed by atoms with E-state index in [1.807, 2.05) is 25.1 Å². The first-order chi connectivity index (χ1) is 15.4. The van der Waals surface area contributed by atoms with E-state index in [0.717, 1.165) is 28.9 Å². The third-order valence-corrected chi connectivity index (χ3v) is 7.16. The van der Waals surface area contributed by atoms with Crippen molar-refractivity contribution in [1.29, 1.82) is 0 Å². The summed E-state index contributed by atoms with van der Waals surface area (Å²) in [6.07, 6.45) is 0. The number of carbonyl (C=O) groups excluding carboxylic acids is 1. The van der Waals surface area contributed by atoms with Gasteiger partial charge in [-0.05, 0) is 43.8 Å². The molecule has 0 fully saturated rings. The fraction of sp³-hybridized carbons (Fsp3) is 0.348. The number of hydrogen-bond acceptors (Lipinski definition) is 6. The van der Waals surface area contributed by atoms with E-state index in [9.17, 15) is 9.59 Å². The Balaban J connectivity index is 0.00000306. The minimum absolute atomic E-state index is 0. The van der Waals surface area contributed by atoms with Crippen LogP contribution in [-0.4, -0.2) is 46.5 Å². The predicted octanol–water partition coefficient (Wildman–Crippen LogP) is 4.96.